The highest BCUT2D eigenvalue weighted by molar-refractivity contribution is 5.97. The first-order chi connectivity index (χ1) is 16.7. The molecule has 0 radical (unpaired) electrons. The minimum absolute atomic E-state index is 0.221. The van der Waals surface area contributed by atoms with Crippen LogP contribution in [0.3, 0.4) is 0 Å². The number of fused-ring (bicyclic) bond motifs is 1. The molecule has 1 atom stereocenters. The maximum atomic E-state index is 13.5. The second kappa shape index (κ2) is 10.2. The molecular formula is C28H31F3N4. The van der Waals surface area contributed by atoms with Gasteiger partial charge in [0.1, 0.15) is 0 Å². The quantitative estimate of drug-likeness (QED) is 0.378. The Morgan fingerprint density at radius 1 is 1.09 bits per heavy atom. The highest BCUT2D eigenvalue weighted by Crippen LogP contribution is 2.37. The van der Waals surface area contributed by atoms with Gasteiger partial charge in [-0.25, -0.2) is 0 Å². The van der Waals surface area contributed by atoms with E-state index in [1.807, 2.05) is 20.1 Å². The average molecular weight is 481 g/mol. The van der Waals surface area contributed by atoms with E-state index in [2.05, 4.69) is 45.6 Å². The van der Waals surface area contributed by atoms with Crippen molar-refractivity contribution in [3.63, 3.8) is 0 Å². The first kappa shape index (κ1) is 24.9. The van der Waals surface area contributed by atoms with Crippen molar-refractivity contribution in [1.82, 2.24) is 10.2 Å². The van der Waals surface area contributed by atoms with Crippen LogP contribution < -0.4 is 5.32 Å². The third kappa shape index (κ3) is 5.24. The molecule has 1 unspecified atom stereocenters. The average Bonchev–Trinajstić information content (AvgIpc) is 2.84. The minimum Gasteiger partial charge on any atom is -0.362 e. The maximum absolute atomic E-state index is 13.5. The van der Waals surface area contributed by atoms with Gasteiger partial charge < -0.3 is 5.32 Å². The third-order valence-electron chi connectivity index (χ3n) is 6.72. The lowest BCUT2D eigenvalue weighted by Crippen LogP contribution is -2.14. The minimum atomic E-state index is -4.39. The SMILES string of the molecule is CCCCc1cc2c(C)nnc(NC(C)c3cccc(C(F)(F)F)c3C)c2cc1C1=CCN=CC1. The summed E-state index contributed by atoms with van der Waals surface area (Å²) in [5.41, 5.74) is 4.74. The zero-order chi connectivity index (χ0) is 25.2. The molecule has 3 aromatic rings. The van der Waals surface area contributed by atoms with Crippen LogP contribution in [-0.2, 0) is 12.6 Å². The van der Waals surface area contributed by atoms with Gasteiger partial charge >= 0.3 is 6.18 Å². The van der Waals surface area contributed by atoms with E-state index in [9.17, 15) is 13.2 Å². The monoisotopic (exact) mass is 480 g/mol. The van der Waals surface area contributed by atoms with Crippen LogP contribution in [0.4, 0.5) is 19.0 Å². The summed E-state index contributed by atoms with van der Waals surface area (Å²) in [6, 6.07) is 8.30. The summed E-state index contributed by atoms with van der Waals surface area (Å²) in [5.74, 6) is 0.572. The van der Waals surface area contributed by atoms with Crippen LogP contribution in [0.1, 0.15) is 72.7 Å². The largest absolute Gasteiger partial charge is 0.416 e. The van der Waals surface area contributed by atoms with Gasteiger partial charge in [-0.05, 0) is 79.6 Å². The zero-order valence-corrected chi connectivity index (χ0v) is 20.6. The first-order valence-corrected chi connectivity index (χ1v) is 12.1. The number of aryl methyl sites for hydroxylation is 2. The Morgan fingerprint density at radius 2 is 1.89 bits per heavy atom. The molecule has 0 fully saturated rings. The van der Waals surface area contributed by atoms with Gasteiger partial charge in [0.25, 0.3) is 0 Å². The van der Waals surface area contributed by atoms with E-state index in [0.717, 1.165) is 48.2 Å². The topological polar surface area (TPSA) is 50.2 Å². The van der Waals surface area contributed by atoms with E-state index >= 15 is 0 Å². The number of alkyl halides is 3. The Balaban J connectivity index is 1.79. The molecular weight excluding hydrogens is 449 g/mol. The van der Waals surface area contributed by atoms with Gasteiger partial charge in [0, 0.05) is 23.4 Å². The van der Waals surface area contributed by atoms with Gasteiger partial charge in [0.15, 0.2) is 5.82 Å². The number of halogens is 3. The molecule has 1 aromatic heterocycles. The lowest BCUT2D eigenvalue weighted by atomic mass is 9.90. The summed E-state index contributed by atoms with van der Waals surface area (Å²) in [6.45, 7) is 8.17. The number of aliphatic imine (C=N–C) groups is 1. The summed E-state index contributed by atoms with van der Waals surface area (Å²) in [5, 5.41) is 14.1. The molecule has 1 N–H and O–H groups in total. The highest BCUT2D eigenvalue weighted by Gasteiger charge is 2.33. The molecule has 0 bridgehead atoms. The van der Waals surface area contributed by atoms with Crippen LogP contribution in [0.2, 0.25) is 0 Å². The molecule has 0 amide bonds. The zero-order valence-electron chi connectivity index (χ0n) is 20.6. The smallest absolute Gasteiger partial charge is 0.362 e. The fourth-order valence-corrected chi connectivity index (χ4v) is 4.77. The van der Waals surface area contributed by atoms with Crippen molar-refractivity contribution < 1.29 is 13.2 Å². The summed E-state index contributed by atoms with van der Waals surface area (Å²) in [4.78, 5) is 4.33. The molecule has 2 aromatic carbocycles. The van der Waals surface area contributed by atoms with E-state index in [4.69, 9.17) is 0 Å². The number of anilines is 1. The Bertz CT molecular complexity index is 1290. The molecule has 1 aliphatic heterocycles. The van der Waals surface area contributed by atoms with Crippen LogP contribution in [0, 0.1) is 13.8 Å². The van der Waals surface area contributed by atoms with Crippen LogP contribution >= 0.6 is 0 Å². The molecule has 0 saturated heterocycles. The van der Waals surface area contributed by atoms with Crippen LogP contribution in [0.15, 0.2) is 41.4 Å². The second-order valence-corrected chi connectivity index (χ2v) is 9.16. The number of benzene rings is 2. The number of hydrogen-bond acceptors (Lipinski definition) is 4. The molecule has 0 aliphatic carbocycles. The molecule has 2 heterocycles. The first-order valence-electron chi connectivity index (χ1n) is 12.1. The second-order valence-electron chi connectivity index (χ2n) is 9.16. The van der Waals surface area contributed by atoms with E-state index in [-0.39, 0.29) is 11.6 Å². The highest BCUT2D eigenvalue weighted by atomic mass is 19.4. The van der Waals surface area contributed by atoms with Gasteiger partial charge in [-0.15, -0.1) is 5.10 Å². The Morgan fingerprint density at radius 3 is 2.57 bits per heavy atom. The molecule has 0 saturated carbocycles. The number of dihydropyridines is 1. The molecule has 0 spiro atoms. The number of nitrogens with one attached hydrogen (secondary N) is 1. The van der Waals surface area contributed by atoms with Crippen molar-refractivity contribution in [2.45, 2.75) is 65.6 Å². The lowest BCUT2D eigenvalue weighted by Gasteiger charge is -2.22. The van der Waals surface area contributed by atoms with Crippen molar-refractivity contribution in [3.05, 3.63) is 69.9 Å². The molecule has 1 aliphatic rings. The number of aromatic nitrogens is 2. The van der Waals surface area contributed by atoms with Gasteiger partial charge in [0.2, 0.25) is 0 Å². The van der Waals surface area contributed by atoms with Gasteiger partial charge in [-0.1, -0.05) is 31.6 Å². The van der Waals surface area contributed by atoms with Crippen molar-refractivity contribution >= 4 is 28.4 Å². The normalized spacial score (nSPS) is 14.8. The third-order valence-corrected chi connectivity index (χ3v) is 6.72. The number of nitrogens with zero attached hydrogens (tertiary/aromatic N) is 3. The van der Waals surface area contributed by atoms with Crippen molar-refractivity contribution in [2.24, 2.45) is 4.99 Å². The van der Waals surface area contributed by atoms with Crippen LogP contribution in [0.25, 0.3) is 16.3 Å². The van der Waals surface area contributed by atoms with E-state index in [1.54, 1.807) is 6.07 Å². The predicted molar refractivity (Wildman–Crippen MR) is 137 cm³/mol. The molecule has 7 heteroatoms. The van der Waals surface area contributed by atoms with Crippen LogP contribution in [-0.4, -0.2) is 23.0 Å². The predicted octanol–water partition coefficient (Wildman–Crippen LogP) is 7.64. The van der Waals surface area contributed by atoms with E-state index < -0.39 is 11.7 Å². The Hall–Kier alpha value is -3.22. The number of rotatable bonds is 7. The fraction of sp³-hybridized carbons (Fsp3) is 0.393. The number of unbranched alkanes of at least 4 members (excludes halogenated alkanes) is 1. The Labute approximate surface area is 204 Å². The standard InChI is InChI=1S/C28H31F3N4/c1-5-6-8-21-15-23-19(4)34-35-27(25(23)16-24(21)20-11-13-32-14-12-20)33-18(3)22-9-7-10-26(17(22)2)28(29,30)31/h7,9-11,14-16,18H,5-6,8,12-13H2,1-4H3,(H,33,35). The molecule has 4 rings (SSSR count). The van der Waals surface area contributed by atoms with Gasteiger partial charge in [-0.2, -0.15) is 18.3 Å². The van der Waals surface area contributed by atoms with E-state index in [0.29, 0.717) is 17.9 Å². The maximum Gasteiger partial charge on any atom is 0.416 e. The fourth-order valence-electron chi connectivity index (χ4n) is 4.77. The summed E-state index contributed by atoms with van der Waals surface area (Å²) < 4.78 is 40.4. The van der Waals surface area contributed by atoms with Crippen LogP contribution in [0.5, 0.6) is 0 Å². The summed E-state index contributed by atoms with van der Waals surface area (Å²) >= 11 is 0. The van der Waals surface area contributed by atoms with Crippen molar-refractivity contribution in [1.29, 1.82) is 0 Å². The van der Waals surface area contributed by atoms with Gasteiger partial charge in [0.05, 0.1) is 23.8 Å². The molecule has 35 heavy (non-hydrogen) atoms. The van der Waals surface area contributed by atoms with Crippen molar-refractivity contribution in [2.75, 3.05) is 11.9 Å². The summed E-state index contributed by atoms with van der Waals surface area (Å²) in [7, 11) is 0. The van der Waals surface area contributed by atoms with Crippen molar-refractivity contribution in [3.8, 4) is 0 Å². The van der Waals surface area contributed by atoms with E-state index in [1.165, 1.54) is 29.7 Å². The summed E-state index contributed by atoms with van der Waals surface area (Å²) in [6.07, 6.45) is 3.68. The lowest BCUT2D eigenvalue weighted by molar-refractivity contribution is -0.138. The number of hydrogen-bond donors (Lipinski definition) is 1. The molecule has 4 nitrogen and oxygen atoms in total. The Kier molecular flexibility index (Phi) is 7.24. The van der Waals surface area contributed by atoms with Gasteiger partial charge in [-0.3, -0.25) is 4.99 Å². The molecule has 184 valence electrons. The number of allylic oxidation sites excluding steroid dienone is 1.